The van der Waals surface area contributed by atoms with Crippen LogP contribution < -0.4 is 10.1 Å². The molecule has 0 saturated carbocycles. The molecule has 1 N–H and O–H groups in total. The number of hydrogen-bond acceptors (Lipinski definition) is 3. The predicted molar refractivity (Wildman–Crippen MR) is 85.9 cm³/mol. The second-order valence-corrected chi connectivity index (χ2v) is 5.03. The van der Waals surface area contributed by atoms with Crippen molar-refractivity contribution < 1.29 is 9.53 Å². The molecule has 22 heavy (non-hydrogen) atoms. The van der Waals surface area contributed by atoms with E-state index in [1.165, 1.54) is 0 Å². The smallest absolute Gasteiger partial charge is 0.265 e. The van der Waals surface area contributed by atoms with Crippen molar-refractivity contribution in [1.82, 2.24) is 0 Å². The standard InChI is InChI=1S/C17H15ClN2O2/c1-2-16(22-14-6-4-3-5-7-14)17(21)20-13-9-8-12(11-19)15(18)10-13/h3-10,16H,2H2,1H3,(H,20,21). The van der Waals surface area contributed by atoms with E-state index in [1.807, 2.05) is 31.2 Å². The molecule has 0 radical (unpaired) electrons. The SMILES string of the molecule is CCC(Oc1ccccc1)C(=O)Nc1ccc(C#N)c(Cl)c1. The lowest BCUT2D eigenvalue weighted by Crippen LogP contribution is -2.32. The first-order valence-corrected chi connectivity index (χ1v) is 7.24. The van der Waals surface area contributed by atoms with Crippen LogP contribution in [0.4, 0.5) is 5.69 Å². The maximum Gasteiger partial charge on any atom is 0.265 e. The Morgan fingerprint density at radius 3 is 2.64 bits per heavy atom. The van der Waals surface area contributed by atoms with Gasteiger partial charge in [0.25, 0.3) is 5.91 Å². The predicted octanol–water partition coefficient (Wildman–Crippen LogP) is 4.01. The third-order valence-electron chi connectivity index (χ3n) is 3.04. The van der Waals surface area contributed by atoms with Gasteiger partial charge >= 0.3 is 0 Å². The summed E-state index contributed by atoms with van der Waals surface area (Å²) in [7, 11) is 0. The van der Waals surface area contributed by atoms with Crippen molar-refractivity contribution in [2.45, 2.75) is 19.4 Å². The Labute approximate surface area is 134 Å². The quantitative estimate of drug-likeness (QED) is 0.907. The fourth-order valence-electron chi connectivity index (χ4n) is 1.89. The molecular formula is C17H15ClN2O2. The molecule has 0 bridgehead atoms. The molecular weight excluding hydrogens is 300 g/mol. The molecule has 1 amide bonds. The van der Waals surface area contributed by atoms with E-state index in [0.29, 0.717) is 28.4 Å². The number of nitriles is 1. The van der Waals surface area contributed by atoms with Gasteiger partial charge in [-0.15, -0.1) is 0 Å². The Morgan fingerprint density at radius 1 is 1.32 bits per heavy atom. The second kappa shape index (κ2) is 7.48. The van der Waals surface area contributed by atoms with Gasteiger partial charge in [0.2, 0.25) is 0 Å². The highest BCUT2D eigenvalue weighted by Gasteiger charge is 2.18. The first kappa shape index (κ1) is 15.9. The Hall–Kier alpha value is -2.51. The van der Waals surface area contributed by atoms with Crippen LogP contribution in [0.3, 0.4) is 0 Å². The summed E-state index contributed by atoms with van der Waals surface area (Å²) < 4.78 is 5.68. The van der Waals surface area contributed by atoms with E-state index in [2.05, 4.69) is 5.32 Å². The maximum atomic E-state index is 12.3. The summed E-state index contributed by atoms with van der Waals surface area (Å²) in [5.74, 6) is 0.384. The number of ether oxygens (including phenoxy) is 1. The zero-order valence-electron chi connectivity index (χ0n) is 12.0. The van der Waals surface area contributed by atoms with Crippen LogP contribution in [0.5, 0.6) is 5.75 Å². The van der Waals surface area contributed by atoms with E-state index >= 15 is 0 Å². The number of hydrogen-bond donors (Lipinski definition) is 1. The van der Waals surface area contributed by atoms with Gasteiger partial charge in [-0.05, 0) is 36.8 Å². The highest BCUT2D eigenvalue weighted by molar-refractivity contribution is 6.32. The average molecular weight is 315 g/mol. The van der Waals surface area contributed by atoms with Crippen LogP contribution in [0.25, 0.3) is 0 Å². The van der Waals surface area contributed by atoms with E-state index in [0.717, 1.165) is 0 Å². The molecule has 112 valence electrons. The van der Waals surface area contributed by atoms with Gasteiger partial charge in [0.1, 0.15) is 11.8 Å². The molecule has 0 spiro atoms. The summed E-state index contributed by atoms with van der Waals surface area (Å²) >= 11 is 5.95. The molecule has 1 unspecified atom stereocenters. The molecule has 0 aliphatic carbocycles. The van der Waals surface area contributed by atoms with E-state index < -0.39 is 6.10 Å². The van der Waals surface area contributed by atoms with Crippen LogP contribution in [-0.2, 0) is 4.79 Å². The number of benzene rings is 2. The average Bonchev–Trinajstić information content (AvgIpc) is 2.53. The van der Waals surface area contributed by atoms with Crippen LogP contribution in [0.2, 0.25) is 5.02 Å². The van der Waals surface area contributed by atoms with E-state index in [4.69, 9.17) is 21.6 Å². The fraction of sp³-hybridized carbons (Fsp3) is 0.176. The number of amides is 1. The van der Waals surface area contributed by atoms with Crippen molar-refractivity contribution in [3.8, 4) is 11.8 Å². The summed E-state index contributed by atoms with van der Waals surface area (Å²) in [6, 6.07) is 15.9. The van der Waals surface area contributed by atoms with Crippen molar-refractivity contribution in [1.29, 1.82) is 5.26 Å². The van der Waals surface area contributed by atoms with E-state index in [-0.39, 0.29) is 5.91 Å². The molecule has 0 aliphatic rings. The normalized spacial score (nSPS) is 11.3. The number of rotatable bonds is 5. The number of anilines is 1. The van der Waals surface area contributed by atoms with Crippen LogP contribution in [0, 0.1) is 11.3 Å². The summed E-state index contributed by atoms with van der Waals surface area (Å²) in [6.45, 7) is 1.87. The van der Waals surface area contributed by atoms with E-state index in [1.54, 1.807) is 30.3 Å². The van der Waals surface area contributed by atoms with Crippen LogP contribution in [0.15, 0.2) is 48.5 Å². The number of nitrogens with zero attached hydrogens (tertiary/aromatic N) is 1. The minimum atomic E-state index is -0.600. The Bertz CT molecular complexity index is 696. The maximum absolute atomic E-state index is 12.3. The molecule has 2 rings (SSSR count). The summed E-state index contributed by atoms with van der Waals surface area (Å²) in [5.41, 5.74) is 0.899. The number of halogens is 1. The summed E-state index contributed by atoms with van der Waals surface area (Å²) in [6.07, 6.45) is -0.0677. The molecule has 1 atom stereocenters. The van der Waals surface area contributed by atoms with Crippen LogP contribution >= 0.6 is 11.6 Å². The Kier molecular flexibility index (Phi) is 5.40. The Balaban J connectivity index is 2.06. The highest BCUT2D eigenvalue weighted by atomic mass is 35.5. The highest BCUT2D eigenvalue weighted by Crippen LogP contribution is 2.21. The van der Waals surface area contributed by atoms with Gasteiger partial charge in [0, 0.05) is 5.69 Å². The lowest BCUT2D eigenvalue weighted by atomic mass is 10.2. The first-order chi connectivity index (χ1) is 10.6. The topological polar surface area (TPSA) is 62.1 Å². The van der Waals surface area contributed by atoms with Crippen molar-refractivity contribution in [3.05, 3.63) is 59.1 Å². The fourth-order valence-corrected chi connectivity index (χ4v) is 2.11. The van der Waals surface area contributed by atoms with Gasteiger partial charge in [-0.1, -0.05) is 36.7 Å². The van der Waals surface area contributed by atoms with Gasteiger partial charge in [0.15, 0.2) is 6.10 Å². The zero-order valence-corrected chi connectivity index (χ0v) is 12.8. The van der Waals surface area contributed by atoms with Gasteiger partial charge in [-0.25, -0.2) is 0 Å². The van der Waals surface area contributed by atoms with E-state index in [9.17, 15) is 4.79 Å². The number of carbonyl (C=O) groups is 1. The monoisotopic (exact) mass is 314 g/mol. The lowest BCUT2D eigenvalue weighted by Gasteiger charge is -2.17. The van der Waals surface area contributed by atoms with Crippen molar-refractivity contribution in [2.24, 2.45) is 0 Å². The van der Waals surface area contributed by atoms with Gasteiger partial charge in [-0.2, -0.15) is 5.26 Å². The third kappa shape index (κ3) is 4.00. The largest absolute Gasteiger partial charge is 0.481 e. The van der Waals surface area contributed by atoms with Crippen molar-refractivity contribution in [3.63, 3.8) is 0 Å². The Morgan fingerprint density at radius 2 is 2.05 bits per heavy atom. The van der Waals surface area contributed by atoms with Crippen LogP contribution in [-0.4, -0.2) is 12.0 Å². The molecule has 0 heterocycles. The second-order valence-electron chi connectivity index (χ2n) is 4.62. The van der Waals surface area contributed by atoms with Crippen molar-refractivity contribution in [2.75, 3.05) is 5.32 Å². The molecule has 0 saturated heterocycles. The zero-order chi connectivity index (χ0) is 15.9. The van der Waals surface area contributed by atoms with Gasteiger partial charge in [-0.3, -0.25) is 4.79 Å². The van der Waals surface area contributed by atoms with Crippen molar-refractivity contribution >= 4 is 23.2 Å². The molecule has 5 heteroatoms. The molecule has 4 nitrogen and oxygen atoms in total. The number of carbonyl (C=O) groups excluding carboxylic acids is 1. The van der Waals surface area contributed by atoms with Gasteiger partial charge in [0.05, 0.1) is 10.6 Å². The molecule has 0 aliphatic heterocycles. The molecule has 2 aromatic rings. The number of para-hydroxylation sites is 1. The van der Waals surface area contributed by atoms with Gasteiger partial charge < -0.3 is 10.1 Å². The summed E-state index contributed by atoms with van der Waals surface area (Å²) in [4.78, 5) is 12.3. The molecule has 0 fully saturated rings. The molecule has 0 aromatic heterocycles. The molecule has 2 aromatic carbocycles. The lowest BCUT2D eigenvalue weighted by molar-refractivity contribution is -0.122. The van der Waals surface area contributed by atoms with Crippen LogP contribution in [0.1, 0.15) is 18.9 Å². The summed E-state index contributed by atoms with van der Waals surface area (Å²) in [5, 5.41) is 11.9. The third-order valence-corrected chi connectivity index (χ3v) is 3.35. The minimum absolute atomic E-state index is 0.257. The minimum Gasteiger partial charge on any atom is -0.481 e. The first-order valence-electron chi connectivity index (χ1n) is 6.86. The number of nitrogens with one attached hydrogen (secondary N) is 1.